The van der Waals surface area contributed by atoms with E-state index in [9.17, 15) is 0 Å². The first-order valence-corrected chi connectivity index (χ1v) is 4.10. The van der Waals surface area contributed by atoms with Gasteiger partial charge in [-0.15, -0.1) is 0 Å². The molecule has 0 bridgehead atoms. The van der Waals surface area contributed by atoms with Gasteiger partial charge in [-0.1, -0.05) is 19.6 Å². The number of nitrogens with zero attached hydrogens (tertiary/aromatic N) is 1. The first kappa shape index (κ1) is 10.3. The Kier molecular flexibility index (Phi) is 3.94. The van der Waals surface area contributed by atoms with Gasteiger partial charge in [0, 0.05) is 11.7 Å². The highest BCUT2D eigenvalue weighted by atomic mass is 15.1. The largest absolute Gasteiger partial charge is 0.350 e. The van der Waals surface area contributed by atoms with Crippen molar-refractivity contribution in [2.24, 2.45) is 0 Å². The van der Waals surface area contributed by atoms with Gasteiger partial charge in [-0.25, -0.2) is 0 Å². The second kappa shape index (κ2) is 4.22. The van der Waals surface area contributed by atoms with Gasteiger partial charge >= 0.3 is 0 Å². The van der Waals surface area contributed by atoms with E-state index in [1.807, 2.05) is 6.20 Å². The highest BCUT2D eigenvalue weighted by Gasteiger charge is 2.13. The molecule has 1 heteroatoms. The molecule has 1 nitrogen and oxygen atoms in total. The van der Waals surface area contributed by atoms with Crippen molar-refractivity contribution in [2.45, 2.75) is 39.7 Å². The summed E-state index contributed by atoms with van der Waals surface area (Å²) in [7, 11) is 0. The molecule has 0 N–H and O–H groups in total. The van der Waals surface area contributed by atoms with E-state index in [0.29, 0.717) is 0 Å². The summed E-state index contributed by atoms with van der Waals surface area (Å²) in [5.74, 6) is 0. The van der Waals surface area contributed by atoms with E-state index < -0.39 is 0 Å². The first-order valence-electron chi connectivity index (χ1n) is 4.10. The molecule has 0 unspecified atom stereocenters. The van der Waals surface area contributed by atoms with Crippen molar-refractivity contribution in [3.8, 4) is 0 Å². The average molecular weight is 153 g/mol. The highest BCUT2D eigenvalue weighted by molar-refractivity contribution is 4.94. The highest BCUT2D eigenvalue weighted by Crippen LogP contribution is 2.13. The predicted molar refractivity (Wildman–Crippen MR) is 51.2 cm³/mol. The standard InChI is InChI=1S/C10H19N/c1-6-8-9-11(7-2)10(3,4)5/h7-9H,2,6H2,1,3-5H3/b9-8-. The molecule has 0 aliphatic rings. The lowest BCUT2D eigenvalue weighted by molar-refractivity contribution is 0.281. The summed E-state index contributed by atoms with van der Waals surface area (Å²) in [6, 6.07) is 0. The molecule has 0 saturated carbocycles. The van der Waals surface area contributed by atoms with Gasteiger partial charge in [0.2, 0.25) is 0 Å². The topological polar surface area (TPSA) is 3.24 Å². The van der Waals surface area contributed by atoms with E-state index in [0.717, 1.165) is 6.42 Å². The molecule has 64 valence electrons. The molecule has 0 radical (unpaired) electrons. The molecule has 0 aromatic heterocycles. The summed E-state index contributed by atoms with van der Waals surface area (Å²) in [5, 5.41) is 0. The van der Waals surface area contributed by atoms with E-state index in [1.165, 1.54) is 0 Å². The van der Waals surface area contributed by atoms with Gasteiger partial charge in [-0.05, 0) is 33.4 Å². The van der Waals surface area contributed by atoms with Crippen LogP contribution in [0.4, 0.5) is 0 Å². The van der Waals surface area contributed by atoms with Gasteiger partial charge in [0.15, 0.2) is 0 Å². The summed E-state index contributed by atoms with van der Waals surface area (Å²) in [6.45, 7) is 12.4. The Hall–Kier alpha value is -0.720. The van der Waals surface area contributed by atoms with Crippen LogP contribution in [0.2, 0.25) is 0 Å². The fourth-order valence-electron chi connectivity index (χ4n) is 0.777. The normalized spacial score (nSPS) is 12.0. The van der Waals surface area contributed by atoms with Gasteiger partial charge in [0.25, 0.3) is 0 Å². The monoisotopic (exact) mass is 153 g/mol. The Morgan fingerprint density at radius 2 is 1.91 bits per heavy atom. The summed E-state index contributed by atoms with van der Waals surface area (Å²) in [4.78, 5) is 2.11. The second-order valence-corrected chi connectivity index (χ2v) is 3.55. The third-order valence-electron chi connectivity index (χ3n) is 1.47. The fraction of sp³-hybridized carbons (Fsp3) is 0.600. The summed E-state index contributed by atoms with van der Waals surface area (Å²) in [5.41, 5.74) is 0.146. The zero-order chi connectivity index (χ0) is 8.91. The van der Waals surface area contributed by atoms with Crippen molar-refractivity contribution < 1.29 is 0 Å². The molecule has 0 amide bonds. The van der Waals surface area contributed by atoms with E-state index in [2.05, 4.69) is 51.4 Å². The van der Waals surface area contributed by atoms with Crippen LogP contribution in [0.5, 0.6) is 0 Å². The zero-order valence-electron chi connectivity index (χ0n) is 8.09. The maximum atomic E-state index is 3.76. The van der Waals surface area contributed by atoms with Crippen LogP contribution in [0.25, 0.3) is 0 Å². The maximum absolute atomic E-state index is 3.76. The fourth-order valence-corrected chi connectivity index (χ4v) is 0.777. The first-order chi connectivity index (χ1) is 5.02. The summed E-state index contributed by atoms with van der Waals surface area (Å²) in [6.07, 6.45) is 7.13. The minimum absolute atomic E-state index is 0.146. The number of allylic oxidation sites excluding steroid dienone is 1. The molecule has 0 aromatic rings. The van der Waals surface area contributed by atoms with Crippen molar-refractivity contribution >= 4 is 0 Å². The summed E-state index contributed by atoms with van der Waals surface area (Å²) < 4.78 is 0. The van der Waals surface area contributed by atoms with E-state index in [-0.39, 0.29) is 5.54 Å². The van der Waals surface area contributed by atoms with E-state index in [1.54, 1.807) is 0 Å². The van der Waals surface area contributed by atoms with Gasteiger partial charge < -0.3 is 4.90 Å². The van der Waals surface area contributed by atoms with Gasteiger partial charge in [0.1, 0.15) is 0 Å². The van der Waals surface area contributed by atoms with Crippen LogP contribution in [0, 0.1) is 0 Å². The Morgan fingerprint density at radius 1 is 1.36 bits per heavy atom. The van der Waals surface area contributed by atoms with Crippen molar-refractivity contribution in [3.05, 3.63) is 25.1 Å². The predicted octanol–water partition coefficient (Wildman–Crippen LogP) is 3.15. The SMILES string of the molecule is C=CN(/C=C\CC)C(C)(C)C. The van der Waals surface area contributed by atoms with Gasteiger partial charge in [0.05, 0.1) is 0 Å². The molecule has 0 heterocycles. The molecule has 0 aromatic carbocycles. The van der Waals surface area contributed by atoms with Crippen LogP contribution in [-0.2, 0) is 0 Å². The molecule has 0 spiro atoms. The van der Waals surface area contributed by atoms with Crippen LogP contribution in [0.3, 0.4) is 0 Å². The molecular weight excluding hydrogens is 134 g/mol. The average Bonchev–Trinajstić information content (AvgIpc) is 1.87. The van der Waals surface area contributed by atoms with E-state index in [4.69, 9.17) is 0 Å². The Balaban J connectivity index is 4.18. The minimum atomic E-state index is 0.146. The maximum Gasteiger partial charge on any atom is 0.0355 e. The quantitative estimate of drug-likeness (QED) is 0.602. The van der Waals surface area contributed by atoms with Crippen LogP contribution in [0.15, 0.2) is 25.1 Å². The Labute approximate surface area is 70.4 Å². The number of hydrogen-bond acceptors (Lipinski definition) is 1. The molecule has 0 fully saturated rings. The van der Waals surface area contributed by atoms with Crippen molar-refractivity contribution in [2.75, 3.05) is 0 Å². The minimum Gasteiger partial charge on any atom is -0.350 e. The van der Waals surface area contributed by atoms with Crippen molar-refractivity contribution in [3.63, 3.8) is 0 Å². The Bertz CT molecular complexity index is 139. The van der Waals surface area contributed by atoms with Crippen LogP contribution >= 0.6 is 0 Å². The lowest BCUT2D eigenvalue weighted by Crippen LogP contribution is -2.32. The molecule has 0 rings (SSSR count). The third-order valence-corrected chi connectivity index (χ3v) is 1.47. The molecule has 0 aliphatic heterocycles. The van der Waals surface area contributed by atoms with Gasteiger partial charge in [-0.3, -0.25) is 0 Å². The van der Waals surface area contributed by atoms with Crippen LogP contribution in [-0.4, -0.2) is 10.4 Å². The van der Waals surface area contributed by atoms with Crippen molar-refractivity contribution in [1.29, 1.82) is 0 Å². The van der Waals surface area contributed by atoms with Crippen LogP contribution in [0.1, 0.15) is 34.1 Å². The van der Waals surface area contributed by atoms with Gasteiger partial charge in [-0.2, -0.15) is 0 Å². The second-order valence-electron chi connectivity index (χ2n) is 3.55. The van der Waals surface area contributed by atoms with E-state index >= 15 is 0 Å². The molecule has 11 heavy (non-hydrogen) atoms. The molecule has 0 saturated heterocycles. The molecule has 0 atom stereocenters. The number of rotatable bonds is 3. The lowest BCUT2D eigenvalue weighted by atomic mass is 10.1. The third kappa shape index (κ3) is 3.87. The molecular formula is C10H19N. The lowest BCUT2D eigenvalue weighted by Gasteiger charge is -2.31. The van der Waals surface area contributed by atoms with Crippen molar-refractivity contribution in [1.82, 2.24) is 4.90 Å². The van der Waals surface area contributed by atoms with Crippen LogP contribution < -0.4 is 0 Å². The Morgan fingerprint density at radius 3 is 2.18 bits per heavy atom. The smallest absolute Gasteiger partial charge is 0.0355 e. The number of hydrogen-bond donors (Lipinski definition) is 0. The summed E-state index contributed by atoms with van der Waals surface area (Å²) >= 11 is 0. The molecule has 0 aliphatic carbocycles. The zero-order valence-corrected chi connectivity index (χ0v) is 8.09.